The van der Waals surface area contributed by atoms with Crippen LogP contribution in [0.5, 0.6) is 11.5 Å². The molecular formula is C28H25FN4O4. The highest BCUT2D eigenvalue weighted by molar-refractivity contribution is 6.09. The number of nitrogens with one attached hydrogen (secondary N) is 2. The third-order valence-electron chi connectivity index (χ3n) is 5.89. The van der Waals surface area contributed by atoms with Gasteiger partial charge in [-0.25, -0.2) is 4.39 Å². The number of para-hydroxylation sites is 1. The number of carbonyl (C=O) groups excluding carboxylic acids is 1. The molecule has 37 heavy (non-hydrogen) atoms. The Morgan fingerprint density at radius 1 is 1.16 bits per heavy atom. The number of amides is 1. The van der Waals surface area contributed by atoms with E-state index in [0.29, 0.717) is 52.1 Å². The molecule has 8 nitrogen and oxygen atoms in total. The maximum Gasteiger partial charge on any atom is 0.263 e. The lowest BCUT2D eigenvalue weighted by molar-refractivity contribution is 0.0953. The number of benzene rings is 3. The smallest absolute Gasteiger partial charge is 0.263 e. The average Bonchev–Trinajstić information content (AvgIpc) is 2.91. The second-order valence-corrected chi connectivity index (χ2v) is 8.30. The number of carbonyl (C=O) groups is 1. The first-order valence-corrected chi connectivity index (χ1v) is 11.6. The minimum Gasteiger partial charge on any atom is -0.496 e. The molecule has 0 aliphatic rings. The Balaban J connectivity index is 1.71. The van der Waals surface area contributed by atoms with Gasteiger partial charge >= 0.3 is 0 Å². The number of ether oxygens (including phenoxy) is 2. The molecule has 0 unspecified atom stereocenters. The van der Waals surface area contributed by atoms with E-state index in [1.54, 1.807) is 36.4 Å². The molecule has 4 N–H and O–H groups in total. The summed E-state index contributed by atoms with van der Waals surface area (Å²) in [7, 11) is 1.50. The Labute approximate surface area is 212 Å². The Hall–Kier alpha value is -4.84. The van der Waals surface area contributed by atoms with Crippen LogP contribution in [0.2, 0.25) is 0 Å². The summed E-state index contributed by atoms with van der Waals surface area (Å²) in [6.45, 7) is 2.42. The van der Waals surface area contributed by atoms with Gasteiger partial charge in [0.05, 0.1) is 29.9 Å². The first-order valence-electron chi connectivity index (χ1n) is 11.6. The zero-order valence-corrected chi connectivity index (χ0v) is 20.4. The van der Waals surface area contributed by atoms with E-state index < -0.39 is 17.3 Å². The summed E-state index contributed by atoms with van der Waals surface area (Å²) in [6.07, 6.45) is 0.705. The molecule has 1 heterocycles. The van der Waals surface area contributed by atoms with Crippen LogP contribution in [-0.2, 0) is 6.61 Å². The van der Waals surface area contributed by atoms with E-state index in [1.807, 2.05) is 6.92 Å². The third kappa shape index (κ3) is 5.09. The van der Waals surface area contributed by atoms with Gasteiger partial charge in [-0.05, 0) is 36.8 Å². The number of pyridine rings is 1. The van der Waals surface area contributed by atoms with E-state index >= 15 is 4.39 Å². The lowest BCUT2D eigenvalue weighted by Gasteiger charge is -2.14. The molecule has 0 saturated carbocycles. The standard InChI is InChI=1S/C28H25FN4O4/c1-3-11-32-27(34)24-25(31)20-6-4-5-19(26(20)33-28(24)35)21-13-18(9-10-22(21)29)37-15-17-8-7-16(14-30)12-23(17)36-2/h4-10,12-13H,3,11,15H2,1-2H3,(H,32,34)(H3,31,33,35). The van der Waals surface area contributed by atoms with Crippen LogP contribution in [0.4, 0.5) is 10.1 Å². The number of hydrogen-bond donors (Lipinski definition) is 3. The Kier molecular flexibility index (Phi) is 7.39. The largest absolute Gasteiger partial charge is 0.496 e. The number of rotatable bonds is 8. The molecule has 3 aromatic carbocycles. The lowest BCUT2D eigenvalue weighted by atomic mass is 9.99. The molecule has 1 aromatic heterocycles. The van der Waals surface area contributed by atoms with Crippen molar-refractivity contribution in [2.75, 3.05) is 19.4 Å². The summed E-state index contributed by atoms with van der Waals surface area (Å²) in [5.74, 6) is -0.208. The minimum absolute atomic E-state index is 0.0231. The predicted molar refractivity (Wildman–Crippen MR) is 139 cm³/mol. The molecule has 0 aliphatic carbocycles. The highest BCUT2D eigenvalue weighted by Crippen LogP contribution is 2.34. The van der Waals surface area contributed by atoms with Gasteiger partial charge in [-0.2, -0.15) is 5.26 Å². The first kappa shape index (κ1) is 25.3. The average molecular weight is 501 g/mol. The van der Waals surface area contributed by atoms with Crippen molar-refractivity contribution in [3.63, 3.8) is 0 Å². The molecule has 0 bridgehead atoms. The molecule has 4 aromatic rings. The molecule has 0 fully saturated rings. The van der Waals surface area contributed by atoms with E-state index in [0.717, 1.165) is 0 Å². The van der Waals surface area contributed by atoms with Crippen molar-refractivity contribution in [3.8, 4) is 28.7 Å². The topological polar surface area (TPSA) is 130 Å². The number of anilines is 1. The number of methoxy groups -OCH3 is 1. The molecule has 1 amide bonds. The monoisotopic (exact) mass is 500 g/mol. The van der Waals surface area contributed by atoms with Gasteiger partial charge in [0.2, 0.25) is 0 Å². The van der Waals surface area contributed by atoms with Crippen molar-refractivity contribution >= 4 is 22.5 Å². The minimum atomic E-state index is -0.660. The number of halogens is 1. The number of hydrogen-bond acceptors (Lipinski definition) is 6. The number of aromatic amines is 1. The summed E-state index contributed by atoms with van der Waals surface area (Å²) in [6, 6.07) is 16.3. The van der Waals surface area contributed by atoms with E-state index in [1.165, 1.54) is 25.3 Å². The Bertz CT molecular complexity index is 1590. The van der Waals surface area contributed by atoms with Crippen molar-refractivity contribution < 1.29 is 18.7 Å². The number of nitrogens with zero attached hydrogens (tertiary/aromatic N) is 1. The van der Waals surface area contributed by atoms with Crippen LogP contribution in [0, 0.1) is 17.1 Å². The van der Waals surface area contributed by atoms with Crippen LogP contribution in [0.15, 0.2) is 59.4 Å². The van der Waals surface area contributed by atoms with Crippen LogP contribution >= 0.6 is 0 Å². The summed E-state index contributed by atoms with van der Waals surface area (Å²) in [4.78, 5) is 28.0. The summed E-state index contributed by atoms with van der Waals surface area (Å²) in [5.41, 5.74) is 7.48. The van der Waals surface area contributed by atoms with Gasteiger partial charge in [-0.1, -0.05) is 31.2 Å². The van der Waals surface area contributed by atoms with Crippen molar-refractivity contribution in [1.82, 2.24) is 10.3 Å². The quantitative estimate of drug-likeness (QED) is 0.326. The fraction of sp³-hybridized carbons (Fsp3) is 0.179. The first-order chi connectivity index (χ1) is 17.9. The number of nitrogen functional groups attached to an aromatic ring is 1. The van der Waals surface area contributed by atoms with Crippen molar-refractivity contribution in [2.45, 2.75) is 20.0 Å². The van der Waals surface area contributed by atoms with E-state index in [-0.39, 0.29) is 23.4 Å². The highest BCUT2D eigenvalue weighted by Gasteiger charge is 2.20. The molecule has 9 heteroatoms. The van der Waals surface area contributed by atoms with E-state index in [4.69, 9.17) is 20.5 Å². The number of aromatic nitrogens is 1. The maximum absolute atomic E-state index is 15.0. The molecule has 0 radical (unpaired) electrons. The molecule has 0 atom stereocenters. The van der Waals surface area contributed by atoms with Crippen molar-refractivity contribution in [1.29, 1.82) is 5.26 Å². The summed E-state index contributed by atoms with van der Waals surface area (Å²) >= 11 is 0. The molecule has 4 rings (SSSR count). The van der Waals surface area contributed by atoms with E-state index in [9.17, 15) is 9.59 Å². The van der Waals surface area contributed by atoms with Crippen LogP contribution < -0.4 is 26.1 Å². The second kappa shape index (κ2) is 10.8. The third-order valence-corrected chi connectivity index (χ3v) is 5.89. The van der Waals surface area contributed by atoms with Gasteiger partial charge < -0.3 is 25.5 Å². The number of H-pyrrole nitrogens is 1. The van der Waals surface area contributed by atoms with Gasteiger partial charge in [0.15, 0.2) is 0 Å². The van der Waals surface area contributed by atoms with Crippen molar-refractivity contribution in [2.24, 2.45) is 0 Å². The zero-order chi connectivity index (χ0) is 26.5. The van der Waals surface area contributed by atoms with Gasteiger partial charge in [-0.3, -0.25) is 9.59 Å². The maximum atomic E-state index is 15.0. The highest BCUT2D eigenvalue weighted by atomic mass is 19.1. The number of nitriles is 1. The van der Waals surface area contributed by atoms with Gasteiger partial charge in [0, 0.05) is 28.6 Å². The fourth-order valence-corrected chi connectivity index (χ4v) is 4.02. The van der Waals surface area contributed by atoms with Crippen LogP contribution in [0.25, 0.3) is 22.0 Å². The van der Waals surface area contributed by atoms with E-state index in [2.05, 4.69) is 16.4 Å². The summed E-state index contributed by atoms with van der Waals surface area (Å²) < 4.78 is 26.2. The normalized spacial score (nSPS) is 10.6. The van der Waals surface area contributed by atoms with Crippen LogP contribution in [0.1, 0.15) is 34.8 Å². The zero-order valence-electron chi connectivity index (χ0n) is 20.4. The van der Waals surface area contributed by atoms with Gasteiger partial charge in [0.1, 0.15) is 29.5 Å². The number of fused-ring (bicyclic) bond motifs is 1. The Morgan fingerprint density at radius 3 is 2.70 bits per heavy atom. The van der Waals surface area contributed by atoms with Crippen molar-refractivity contribution in [3.05, 3.63) is 87.5 Å². The SMILES string of the molecule is CCCNC(=O)c1c(N)c2cccc(-c3cc(OCc4ccc(C#N)cc4OC)ccc3F)c2[nH]c1=O. The summed E-state index contributed by atoms with van der Waals surface area (Å²) in [5, 5.41) is 12.2. The van der Waals surface area contributed by atoms with Gasteiger partial charge in [-0.15, -0.1) is 0 Å². The Morgan fingerprint density at radius 2 is 1.97 bits per heavy atom. The lowest BCUT2D eigenvalue weighted by Crippen LogP contribution is -2.31. The molecule has 0 saturated heterocycles. The molecule has 0 spiro atoms. The molecule has 188 valence electrons. The molecular weight excluding hydrogens is 475 g/mol. The predicted octanol–water partition coefficient (Wildman–Crippen LogP) is 4.52. The molecule has 0 aliphatic heterocycles. The second-order valence-electron chi connectivity index (χ2n) is 8.30. The fourth-order valence-electron chi connectivity index (χ4n) is 4.02. The van der Waals surface area contributed by atoms with Gasteiger partial charge in [0.25, 0.3) is 11.5 Å². The number of nitrogens with two attached hydrogens (primary N) is 1. The van der Waals surface area contributed by atoms with Crippen LogP contribution in [0.3, 0.4) is 0 Å². The van der Waals surface area contributed by atoms with Crippen LogP contribution in [-0.4, -0.2) is 24.5 Å².